The molecule has 0 aromatic carbocycles. The van der Waals surface area contributed by atoms with Crippen molar-refractivity contribution in [3.63, 3.8) is 0 Å². The molecule has 5 heterocycles. The number of carbonyl (C=O) groups excluding carboxylic acids is 1. The molecule has 2 N–H and O–H groups in total. The summed E-state index contributed by atoms with van der Waals surface area (Å²) in [5.74, 6) is 2.41. The van der Waals surface area contributed by atoms with Gasteiger partial charge in [0, 0.05) is 54.8 Å². The Bertz CT molecular complexity index is 1410. The number of anilines is 3. The van der Waals surface area contributed by atoms with Gasteiger partial charge in [-0.25, -0.2) is 19.5 Å². The lowest BCUT2D eigenvalue weighted by Crippen LogP contribution is -2.36. The molecule has 0 bridgehead atoms. The minimum Gasteiger partial charge on any atom is -0.378 e. The van der Waals surface area contributed by atoms with Crippen LogP contribution in [0.3, 0.4) is 0 Å². The molecule has 0 unspecified atom stereocenters. The standard InChI is InChI=1S/C25H28N8O2/c1-3-15-10-17(15)25(34)29-21-11-18-19(12-27-21)23(26-2)28-13-20(18)24-30-22-5-4-16(14-33(22)31-24)32-6-8-35-9-7-32/h4-5,11-15,17H,3,6-10H2,1-2H3,(H,26,28)(H,27,29,34)/t15-,17-/m0/s1. The Balaban J connectivity index is 1.37. The number of carbonyl (C=O) groups is 1. The summed E-state index contributed by atoms with van der Waals surface area (Å²) in [6.07, 6.45) is 7.49. The number of hydrogen-bond acceptors (Lipinski definition) is 8. The maximum Gasteiger partial charge on any atom is 0.228 e. The lowest BCUT2D eigenvalue weighted by atomic mass is 10.1. The van der Waals surface area contributed by atoms with Crippen molar-refractivity contribution in [2.24, 2.45) is 11.8 Å². The highest BCUT2D eigenvalue weighted by atomic mass is 16.5. The summed E-state index contributed by atoms with van der Waals surface area (Å²) in [7, 11) is 1.82. The van der Waals surface area contributed by atoms with Crippen molar-refractivity contribution >= 4 is 39.6 Å². The van der Waals surface area contributed by atoms with E-state index in [0.29, 0.717) is 23.4 Å². The summed E-state index contributed by atoms with van der Waals surface area (Å²) in [6.45, 7) is 5.28. The highest BCUT2D eigenvalue weighted by Gasteiger charge is 2.41. The summed E-state index contributed by atoms with van der Waals surface area (Å²) in [5.41, 5.74) is 2.63. The molecule has 2 atom stereocenters. The summed E-state index contributed by atoms with van der Waals surface area (Å²) in [4.78, 5) is 28.7. The van der Waals surface area contributed by atoms with E-state index in [1.807, 2.05) is 25.4 Å². The molecule has 1 saturated heterocycles. The number of ether oxygens (including phenoxy) is 1. The SMILES string of the molecule is CC[C@H]1C[C@@H]1C(=O)Nc1cc2c(-c3nc4ccc(N5CCOCC5)cn4n3)cnc(NC)c2cn1. The third-order valence-corrected chi connectivity index (χ3v) is 6.98. The van der Waals surface area contributed by atoms with E-state index < -0.39 is 0 Å². The van der Waals surface area contributed by atoms with Crippen molar-refractivity contribution < 1.29 is 9.53 Å². The molecular formula is C25H28N8O2. The summed E-state index contributed by atoms with van der Waals surface area (Å²) in [5, 5.41) is 12.6. The Labute approximate surface area is 202 Å². The minimum atomic E-state index is 0.0367. The van der Waals surface area contributed by atoms with Crippen LogP contribution in [0.4, 0.5) is 17.3 Å². The molecule has 0 spiro atoms. The maximum absolute atomic E-state index is 12.6. The predicted octanol–water partition coefficient (Wildman–Crippen LogP) is 3.20. The number of nitrogens with zero attached hydrogens (tertiary/aromatic N) is 6. The fourth-order valence-electron chi connectivity index (χ4n) is 4.81. The first-order chi connectivity index (χ1) is 17.1. The van der Waals surface area contributed by atoms with Gasteiger partial charge in [-0.2, -0.15) is 0 Å². The zero-order valence-corrected chi connectivity index (χ0v) is 19.9. The number of pyridine rings is 3. The molecular weight excluding hydrogens is 444 g/mol. The second-order valence-electron chi connectivity index (χ2n) is 9.11. The van der Waals surface area contributed by atoms with Crippen LogP contribution in [-0.2, 0) is 9.53 Å². The van der Waals surface area contributed by atoms with E-state index in [9.17, 15) is 4.79 Å². The summed E-state index contributed by atoms with van der Waals surface area (Å²) in [6, 6.07) is 5.93. The average molecular weight is 473 g/mol. The highest BCUT2D eigenvalue weighted by Crippen LogP contribution is 2.41. The average Bonchev–Trinajstić information content (AvgIpc) is 3.58. The van der Waals surface area contributed by atoms with Crippen LogP contribution in [0.2, 0.25) is 0 Å². The first kappa shape index (κ1) is 21.7. The zero-order chi connectivity index (χ0) is 23.9. The van der Waals surface area contributed by atoms with Crippen molar-refractivity contribution in [1.29, 1.82) is 0 Å². The first-order valence-electron chi connectivity index (χ1n) is 12.1. The molecule has 4 aromatic heterocycles. The molecule has 1 amide bonds. The molecule has 180 valence electrons. The van der Waals surface area contributed by atoms with Crippen LogP contribution < -0.4 is 15.5 Å². The van der Waals surface area contributed by atoms with Crippen molar-refractivity contribution in [1.82, 2.24) is 24.6 Å². The second kappa shape index (κ2) is 8.77. The lowest BCUT2D eigenvalue weighted by Gasteiger charge is -2.28. The molecule has 1 aliphatic carbocycles. The molecule has 10 heteroatoms. The van der Waals surface area contributed by atoms with Gasteiger partial charge in [0.2, 0.25) is 5.91 Å². The van der Waals surface area contributed by atoms with E-state index in [4.69, 9.17) is 14.8 Å². The monoisotopic (exact) mass is 472 g/mol. The normalized spacial score (nSPS) is 19.8. The van der Waals surface area contributed by atoms with Gasteiger partial charge in [0.1, 0.15) is 11.6 Å². The van der Waals surface area contributed by atoms with Crippen molar-refractivity contribution in [2.45, 2.75) is 19.8 Å². The Morgan fingerprint density at radius 1 is 1.17 bits per heavy atom. The van der Waals surface area contributed by atoms with E-state index in [-0.39, 0.29) is 11.8 Å². The maximum atomic E-state index is 12.6. The van der Waals surface area contributed by atoms with Crippen LogP contribution in [0.15, 0.2) is 36.8 Å². The van der Waals surface area contributed by atoms with Gasteiger partial charge < -0.3 is 20.3 Å². The van der Waals surface area contributed by atoms with Gasteiger partial charge in [-0.3, -0.25) is 4.79 Å². The second-order valence-corrected chi connectivity index (χ2v) is 9.11. The van der Waals surface area contributed by atoms with Gasteiger partial charge in [-0.05, 0) is 30.5 Å². The van der Waals surface area contributed by atoms with Gasteiger partial charge in [0.05, 0.1) is 25.1 Å². The number of nitrogens with one attached hydrogen (secondary N) is 2. The predicted molar refractivity (Wildman–Crippen MR) is 135 cm³/mol. The van der Waals surface area contributed by atoms with Crippen LogP contribution >= 0.6 is 0 Å². The molecule has 4 aromatic rings. The fourth-order valence-corrected chi connectivity index (χ4v) is 4.81. The number of morpholine rings is 1. The van der Waals surface area contributed by atoms with Crippen LogP contribution in [0.5, 0.6) is 0 Å². The van der Waals surface area contributed by atoms with E-state index >= 15 is 0 Å². The number of rotatable bonds is 6. The molecule has 10 nitrogen and oxygen atoms in total. The van der Waals surface area contributed by atoms with Crippen molar-refractivity contribution in [3.8, 4) is 11.4 Å². The summed E-state index contributed by atoms with van der Waals surface area (Å²) < 4.78 is 7.28. The molecule has 1 saturated carbocycles. The van der Waals surface area contributed by atoms with Crippen LogP contribution in [0.1, 0.15) is 19.8 Å². The summed E-state index contributed by atoms with van der Waals surface area (Å²) >= 11 is 0. The van der Waals surface area contributed by atoms with E-state index in [2.05, 4.69) is 38.5 Å². The number of fused-ring (bicyclic) bond motifs is 2. The van der Waals surface area contributed by atoms with Gasteiger partial charge in [0.25, 0.3) is 0 Å². The van der Waals surface area contributed by atoms with Crippen molar-refractivity contribution in [3.05, 3.63) is 36.8 Å². The largest absolute Gasteiger partial charge is 0.378 e. The topological polar surface area (TPSA) is 110 Å². The van der Waals surface area contributed by atoms with Crippen LogP contribution in [0.25, 0.3) is 27.8 Å². The zero-order valence-electron chi connectivity index (χ0n) is 19.9. The molecule has 0 radical (unpaired) electrons. The molecule has 1 aliphatic heterocycles. The smallest absolute Gasteiger partial charge is 0.228 e. The Hall–Kier alpha value is -3.79. The van der Waals surface area contributed by atoms with E-state index in [0.717, 1.165) is 66.8 Å². The van der Waals surface area contributed by atoms with Gasteiger partial charge in [-0.15, -0.1) is 5.10 Å². The Kier molecular flexibility index (Phi) is 5.44. The van der Waals surface area contributed by atoms with Crippen molar-refractivity contribution in [2.75, 3.05) is 48.9 Å². The highest BCUT2D eigenvalue weighted by molar-refractivity contribution is 6.03. The van der Waals surface area contributed by atoms with Crippen LogP contribution in [0, 0.1) is 11.8 Å². The quantitative estimate of drug-likeness (QED) is 0.440. The van der Waals surface area contributed by atoms with Crippen LogP contribution in [-0.4, -0.2) is 63.8 Å². The Morgan fingerprint density at radius 3 is 2.80 bits per heavy atom. The Morgan fingerprint density at radius 2 is 2.03 bits per heavy atom. The molecule has 6 rings (SSSR count). The van der Waals surface area contributed by atoms with E-state index in [1.165, 1.54) is 0 Å². The number of hydrogen-bond donors (Lipinski definition) is 2. The third kappa shape index (κ3) is 4.03. The molecule has 35 heavy (non-hydrogen) atoms. The first-order valence-corrected chi connectivity index (χ1v) is 12.1. The van der Waals surface area contributed by atoms with E-state index in [1.54, 1.807) is 16.9 Å². The number of aromatic nitrogens is 5. The van der Waals surface area contributed by atoms with Gasteiger partial charge in [-0.1, -0.05) is 13.3 Å². The number of amides is 1. The van der Waals surface area contributed by atoms with Gasteiger partial charge >= 0.3 is 0 Å². The molecule has 2 fully saturated rings. The fraction of sp³-hybridized carbons (Fsp3) is 0.400. The van der Waals surface area contributed by atoms with Gasteiger partial charge in [0.15, 0.2) is 11.5 Å². The molecule has 2 aliphatic rings. The minimum absolute atomic E-state index is 0.0367. The third-order valence-electron chi connectivity index (χ3n) is 6.98. The lowest BCUT2D eigenvalue weighted by molar-refractivity contribution is -0.117.